The molecule has 1 aromatic rings. The van der Waals surface area contributed by atoms with Gasteiger partial charge in [-0.1, -0.05) is 82.2 Å². The summed E-state index contributed by atoms with van der Waals surface area (Å²) < 4.78 is 0. The van der Waals surface area contributed by atoms with E-state index in [4.69, 9.17) is 5.73 Å². The summed E-state index contributed by atoms with van der Waals surface area (Å²) in [6.07, 6.45) is 13.4. The molecule has 3 N–H and O–H groups in total. The minimum Gasteiger partial charge on any atom is -0.324 e. The molecule has 0 saturated carbocycles. The molecule has 1 rings (SSSR count). The second-order valence-corrected chi connectivity index (χ2v) is 6.38. The van der Waals surface area contributed by atoms with Crippen molar-refractivity contribution in [2.75, 3.05) is 13.1 Å². The van der Waals surface area contributed by atoms with E-state index in [9.17, 15) is 0 Å². The lowest BCUT2D eigenvalue weighted by molar-refractivity contribution is 0.533. The number of benzene rings is 1. The molecular weight excluding hydrogens is 268 g/mol. The monoisotopic (exact) mass is 304 g/mol. The van der Waals surface area contributed by atoms with Gasteiger partial charge in [-0.25, -0.2) is 0 Å². The first-order chi connectivity index (χ1) is 10.8. The van der Waals surface area contributed by atoms with Crippen molar-refractivity contribution in [3.8, 4) is 0 Å². The Bertz CT molecular complexity index is 337. The van der Waals surface area contributed by atoms with Gasteiger partial charge in [0.15, 0.2) is 0 Å². The quantitative estimate of drug-likeness (QED) is 0.464. The van der Waals surface area contributed by atoms with Crippen molar-refractivity contribution in [2.45, 2.75) is 77.2 Å². The second kappa shape index (κ2) is 13.8. The van der Waals surface area contributed by atoms with E-state index in [2.05, 4.69) is 36.5 Å². The van der Waals surface area contributed by atoms with Gasteiger partial charge in [0.1, 0.15) is 0 Å². The lowest BCUT2D eigenvalue weighted by Crippen LogP contribution is -2.19. The van der Waals surface area contributed by atoms with E-state index in [1.165, 1.54) is 56.9 Å². The molecule has 2 nitrogen and oxygen atoms in total. The Morgan fingerprint density at radius 1 is 0.818 bits per heavy atom. The Labute approximate surface area is 137 Å². The van der Waals surface area contributed by atoms with Crippen molar-refractivity contribution in [3.05, 3.63) is 35.9 Å². The SMILES string of the molecule is CCCCCCCCCCNCCCC(N)c1ccccc1. The molecule has 126 valence electrons. The summed E-state index contributed by atoms with van der Waals surface area (Å²) in [6, 6.07) is 10.6. The number of unbranched alkanes of at least 4 members (excludes halogenated alkanes) is 7. The predicted octanol–water partition coefficient (Wildman–Crippen LogP) is 5.20. The summed E-state index contributed by atoms with van der Waals surface area (Å²) in [5.74, 6) is 0. The van der Waals surface area contributed by atoms with Crippen molar-refractivity contribution < 1.29 is 0 Å². The molecule has 0 radical (unpaired) electrons. The van der Waals surface area contributed by atoms with Crippen molar-refractivity contribution in [1.82, 2.24) is 5.32 Å². The number of rotatable bonds is 14. The summed E-state index contributed by atoms with van der Waals surface area (Å²) in [5, 5.41) is 3.55. The Morgan fingerprint density at radius 3 is 2.09 bits per heavy atom. The molecule has 0 bridgehead atoms. The lowest BCUT2D eigenvalue weighted by atomic mass is 10.0. The third kappa shape index (κ3) is 9.97. The molecule has 1 atom stereocenters. The summed E-state index contributed by atoms with van der Waals surface area (Å²) in [7, 11) is 0. The zero-order chi connectivity index (χ0) is 15.9. The van der Waals surface area contributed by atoms with Crippen LogP contribution in [0.5, 0.6) is 0 Å². The molecule has 0 spiro atoms. The van der Waals surface area contributed by atoms with Crippen molar-refractivity contribution in [2.24, 2.45) is 5.73 Å². The smallest absolute Gasteiger partial charge is 0.0295 e. The molecule has 1 unspecified atom stereocenters. The zero-order valence-corrected chi connectivity index (χ0v) is 14.5. The van der Waals surface area contributed by atoms with Crippen LogP contribution < -0.4 is 11.1 Å². The Hall–Kier alpha value is -0.860. The van der Waals surface area contributed by atoms with Crippen LogP contribution in [0.25, 0.3) is 0 Å². The average Bonchev–Trinajstić information content (AvgIpc) is 2.56. The number of nitrogens with one attached hydrogen (secondary N) is 1. The molecule has 22 heavy (non-hydrogen) atoms. The minimum absolute atomic E-state index is 0.186. The standard InChI is InChI=1S/C20H36N2/c1-2-3-4-5-6-7-8-12-17-22-18-13-16-20(21)19-14-10-9-11-15-19/h9-11,14-15,20,22H,2-8,12-13,16-18,21H2,1H3. The number of nitrogens with two attached hydrogens (primary N) is 1. The summed E-state index contributed by atoms with van der Waals surface area (Å²) >= 11 is 0. The van der Waals surface area contributed by atoms with Crippen LogP contribution in [0, 0.1) is 0 Å². The Kier molecular flexibility index (Phi) is 12.0. The fourth-order valence-corrected chi connectivity index (χ4v) is 2.82. The molecule has 0 aliphatic rings. The van der Waals surface area contributed by atoms with Crippen LogP contribution in [0.3, 0.4) is 0 Å². The highest BCUT2D eigenvalue weighted by atomic mass is 14.8. The van der Waals surface area contributed by atoms with Gasteiger partial charge in [0.05, 0.1) is 0 Å². The first-order valence-electron chi connectivity index (χ1n) is 9.36. The van der Waals surface area contributed by atoms with Crippen LogP contribution in [0.1, 0.15) is 82.7 Å². The average molecular weight is 305 g/mol. The first kappa shape index (κ1) is 19.2. The highest BCUT2D eigenvalue weighted by molar-refractivity contribution is 5.18. The fourth-order valence-electron chi connectivity index (χ4n) is 2.82. The van der Waals surface area contributed by atoms with Gasteiger partial charge in [0.2, 0.25) is 0 Å². The van der Waals surface area contributed by atoms with E-state index in [1.807, 2.05) is 6.07 Å². The van der Waals surface area contributed by atoms with Crippen LogP contribution in [-0.4, -0.2) is 13.1 Å². The maximum Gasteiger partial charge on any atom is 0.0295 e. The number of hydrogen-bond donors (Lipinski definition) is 2. The van der Waals surface area contributed by atoms with Gasteiger partial charge in [0.25, 0.3) is 0 Å². The van der Waals surface area contributed by atoms with E-state index in [-0.39, 0.29) is 6.04 Å². The van der Waals surface area contributed by atoms with Crippen molar-refractivity contribution in [3.63, 3.8) is 0 Å². The van der Waals surface area contributed by atoms with Gasteiger partial charge in [-0.05, 0) is 37.9 Å². The van der Waals surface area contributed by atoms with Crippen LogP contribution in [0.15, 0.2) is 30.3 Å². The van der Waals surface area contributed by atoms with Crippen molar-refractivity contribution >= 4 is 0 Å². The minimum atomic E-state index is 0.186. The lowest BCUT2D eigenvalue weighted by Gasteiger charge is -2.12. The van der Waals surface area contributed by atoms with Gasteiger partial charge in [0, 0.05) is 6.04 Å². The molecule has 1 aromatic carbocycles. The maximum absolute atomic E-state index is 6.20. The van der Waals surface area contributed by atoms with Crippen LogP contribution in [-0.2, 0) is 0 Å². The van der Waals surface area contributed by atoms with Gasteiger partial charge in [-0.2, -0.15) is 0 Å². The molecule has 2 heteroatoms. The fraction of sp³-hybridized carbons (Fsp3) is 0.700. The van der Waals surface area contributed by atoms with E-state index >= 15 is 0 Å². The Morgan fingerprint density at radius 2 is 1.41 bits per heavy atom. The van der Waals surface area contributed by atoms with Crippen LogP contribution >= 0.6 is 0 Å². The summed E-state index contributed by atoms with van der Waals surface area (Å²) in [4.78, 5) is 0. The maximum atomic E-state index is 6.20. The molecule has 0 saturated heterocycles. The molecular formula is C20H36N2. The van der Waals surface area contributed by atoms with Crippen LogP contribution in [0.4, 0.5) is 0 Å². The predicted molar refractivity (Wildman–Crippen MR) is 98.1 cm³/mol. The second-order valence-electron chi connectivity index (χ2n) is 6.38. The highest BCUT2D eigenvalue weighted by Crippen LogP contribution is 2.14. The molecule has 0 aromatic heterocycles. The van der Waals surface area contributed by atoms with Gasteiger partial charge < -0.3 is 11.1 Å². The Balaban J connectivity index is 1.84. The summed E-state index contributed by atoms with van der Waals surface area (Å²) in [5.41, 5.74) is 7.45. The highest BCUT2D eigenvalue weighted by Gasteiger charge is 2.03. The largest absolute Gasteiger partial charge is 0.324 e. The van der Waals surface area contributed by atoms with Crippen molar-refractivity contribution in [1.29, 1.82) is 0 Å². The zero-order valence-electron chi connectivity index (χ0n) is 14.5. The first-order valence-corrected chi connectivity index (χ1v) is 9.36. The third-order valence-electron chi connectivity index (χ3n) is 4.30. The van der Waals surface area contributed by atoms with E-state index in [1.54, 1.807) is 0 Å². The molecule has 0 aliphatic heterocycles. The third-order valence-corrected chi connectivity index (χ3v) is 4.30. The van der Waals surface area contributed by atoms with E-state index in [0.29, 0.717) is 0 Å². The normalized spacial score (nSPS) is 12.5. The molecule has 0 fully saturated rings. The van der Waals surface area contributed by atoms with Gasteiger partial charge in [-0.15, -0.1) is 0 Å². The molecule has 0 amide bonds. The summed E-state index contributed by atoms with van der Waals surface area (Å²) in [6.45, 7) is 4.53. The number of hydrogen-bond acceptors (Lipinski definition) is 2. The molecule has 0 heterocycles. The topological polar surface area (TPSA) is 38.0 Å². The molecule has 0 aliphatic carbocycles. The van der Waals surface area contributed by atoms with E-state index in [0.717, 1.165) is 25.9 Å². The van der Waals surface area contributed by atoms with Crippen LogP contribution in [0.2, 0.25) is 0 Å². The van der Waals surface area contributed by atoms with Gasteiger partial charge >= 0.3 is 0 Å². The van der Waals surface area contributed by atoms with E-state index < -0.39 is 0 Å². The van der Waals surface area contributed by atoms with Gasteiger partial charge in [-0.3, -0.25) is 0 Å².